The molecule has 3 aliphatic rings. The molecule has 3 fully saturated rings. The van der Waals surface area contributed by atoms with E-state index in [2.05, 4.69) is 30.9 Å². The van der Waals surface area contributed by atoms with E-state index >= 15 is 0 Å². The Hall–Kier alpha value is -1.63. The van der Waals surface area contributed by atoms with Gasteiger partial charge >= 0.3 is 5.97 Å². The van der Waals surface area contributed by atoms with Gasteiger partial charge in [-0.3, -0.25) is 9.69 Å². The number of benzene rings is 1. The number of ether oxygens (including phenoxy) is 3. The van der Waals surface area contributed by atoms with E-state index in [1.807, 2.05) is 58.0 Å². The lowest BCUT2D eigenvalue weighted by atomic mass is 9.73. The summed E-state index contributed by atoms with van der Waals surface area (Å²) in [5, 5.41) is 45.6. The minimum absolute atomic E-state index is 0.165. The molecule has 4 N–H and O–H groups in total. The van der Waals surface area contributed by atoms with Crippen LogP contribution in [0.4, 0.5) is 0 Å². The molecule has 1 saturated carbocycles. The van der Waals surface area contributed by atoms with Crippen molar-refractivity contribution >= 4 is 5.97 Å². The predicted molar refractivity (Wildman–Crippen MR) is 171 cm³/mol. The van der Waals surface area contributed by atoms with Crippen LogP contribution in [0.25, 0.3) is 0 Å². The summed E-state index contributed by atoms with van der Waals surface area (Å²) in [4.78, 5) is 17.5. The predicted octanol–water partition coefficient (Wildman–Crippen LogP) is 2.79. The summed E-state index contributed by atoms with van der Waals surface area (Å²) in [5.74, 6) is -2.51. The lowest BCUT2D eigenvalue weighted by Crippen LogP contribution is -2.57. The maximum Gasteiger partial charge on any atom is 0.311 e. The molecular weight excluding hydrogens is 576 g/mol. The van der Waals surface area contributed by atoms with Gasteiger partial charge in [0.15, 0.2) is 6.29 Å². The van der Waals surface area contributed by atoms with E-state index < -0.39 is 71.5 Å². The molecule has 2 aliphatic heterocycles. The number of likely N-dealkylation sites (N-methyl/N-ethyl adjacent to an activating group) is 2. The molecular formula is C35H58N2O8. The molecule has 2 saturated heterocycles. The number of carbonyl (C=O) groups is 1. The van der Waals surface area contributed by atoms with Crippen molar-refractivity contribution in [2.75, 3.05) is 20.6 Å². The largest absolute Gasteiger partial charge is 0.458 e. The molecule has 13 atom stereocenters. The van der Waals surface area contributed by atoms with E-state index in [9.17, 15) is 25.2 Å². The van der Waals surface area contributed by atoms with Crippen LogP contribution in [0.3, 0.4) is 0 Å². The second-order valence-electron chi connectivity index (χ2n) is 15.0. The third kappa shape index (κ3) is 7.59. The molecule has 0 spiro atoms. The molecule has 0 aromatic heterocycles. The van der Waals surface area contributed by atoms with Crippen molar-refractivity contribution in [1.29, 1.82) is 0 Å². The standard InChI is InChI=1S/C35H58N2O8/c1-20-18-26(37(9)19-25-14-11-10-12-15-25)28(39)33(43-20)45-30-21(2)27(38)22(3)32(41)44-31-23(4)35(31,42)29(40)24(5)36(8)17-13-16-34(30,6)7/h10-12,14-15,20-24,26-31,33,38-40,42H,13,16-19H2,1-9H3/t20-,21+,22-,23?,24-,26+,27+,28-,29-,30-,31-,33+,35+/m1/s1. The van der Waals surface area contributed by atoms with Crippen molar-refractivity contribution in [2.45, 2.75) is 135 Å². The van der Waals surface area contributed by atoms with Crippen LogP contribution in [-0.2, 0) is 25.5 Å². The monoisotopic (exact) mass is 634 g/mol. The molecule has 256 valence electrons. The molecule has 0 amide bonds. The van der Waals surface area contributed by atoms with Crippen LogP contribution >= 0.6 is 0 Å². The molecule has 0 radical (unpaired) electrons. The Morgan fingerprint density at radius 2 is 1.69 bits per heavy atom. The van der Waals surface area contributed by atoms with Gasteiger partial charge in [-0.2, -0.15) is 0 Å². The maximum absolute atomic E-state index is 13.3. The summed E-state index contributed by atoms with van der Waals surface area (Å²) < 4.78 is 18.7. The Morgan fingerprint density at radius 3 is 2.33 bits per heavy atom. The van der Waals surface area contributed by atoms with E-state index in [1.54, 1.807) is 13.8 Å². The highest BCUT2D eigenvalue weighted by atomic mass is 16.7. The van der Waals surface area contributed by atoms with Gasteiger partial charge in [0.2, 0.25) is 0 Å². The SMILES string of the molecule is CC1[C@H]2OC(=O)[C@H](C)[C@@H](O)[C@H](C)[C@@H](O[C@@H]3O[C@H](C)C[C@H](N(C)Cc4ccccc4)[C@H]3O)C(C)(C)CCCN(C)[C@H](C)[C@@H](O)[C@@]12O. The van der Waals surface area contributed by atoms with Crippen molar-refractivity contribution in [3.8, 4) is 0 Å². The van der Waals surface area contributed by atoms with Gasteiger partial charge in [0.05, 0.1) is 24.2 Å². The summed E-state index contributed by atoms with van der Waals surface area (Å²) in [5.41, 5.74) is -0.882. The zero-order valence-corrected chi connectivity index (χ0v) is 28.7. The highest BCUT2D eigenvalue weighted by molar-refractivity contribution is 5.73. The second-order valence-corrected chi connectivity index (χ2v) is 15.0. The van der Waals surface area contributed by atoms with Gasteiger partial charge in [0.25, 0.3) is 0 Å². The Balaban J connectivity index is 1.58. The second kappa shape index (κ2) is 14.2. The Labute approximate surface area is 269 Å². The first-order valence-corrected chi connectivity index (χ1v) is 16.7. The van der Waals surface area contributed by atoms with Crippen LogP contribution in [0, 0.1) is 23.2 Å². The topological polar surface area (TPSA) is 132 Å². The van der Waals surface area contributed by atoms with Gasteiger partial charge in [-0.25, -0.2) is 0 Å². The number of nitrogens with zero attached hydrogens (tertiary/aromatic N) is 2. The van der Waals surface area contributed by atoms with Gasteiger partial charge in [0, 0.05) is 30.5 Å². The molecule has 0 bridgehead atoms. The van der Waals surface area contributed by atoms with Crippen molar-refractivity contribution < 1.29 is 39.4 Å². The van der Waals surface area contributed by atoms with Crippen molar-refractivity contribution in [3.63, 3.8) is 0 Å². The number of esters is 1. The minimum atomic E-state index is -1.54. The number of carbonyl (C=O) groups excluding carboxylic acids is 1. The lowest BCUT2D eigenvalue weighted by molar-refractivity contribution is -0.291. The molecule has 1 aromatic carbocycles. The van der Waals surface area contributed by atoms with E-state index in [4.69, 9.17) is 14.2 Å². The van der Waals surface area contributed by atoms with Gasteiger partial charge < -0.3 is 39.5 Å². The molecule has 2 heterocycles. The van der Waals surface area contributed by atoms with Crippen LogP contribution in [0.5, 0.6) is 0 Å². The fourth-order valence-electron chi connectivity index (χ4n) is 7.66. The molecule has 1 aliphatic carbocycles. The maximum atomic E-state index is 13.3. The summed E-state index contributed by atoms with van der Waals surface area (Å²) in [7, 11) is 3.92. The summed E-state index contributed by atoms with van der Waals surface area (Å²) >= 11 is 0. The van der Waals surface area contributed by atoms with Crippen molar-refractivity contribution in [1.82, 2.24) is 9.80 Å². The van der Waals surface area contributed by atoms with E-state index in [0.717, 1.165) is 12.0 Å². The number of hydrogen-bond acceptors (Lipinski definition) is 10. The van der Waals surface area contributed by atoms with E-state index in [-0.39, 0.29) is 18.2 Å². The highest BCUT2D eigenvalue weighted by Crippen LogP contribution is 2.50. The van der Waals surface area contributed by atoms with Crippen LogP contribution in [0.2, 0.25) is 0 Å². The van der Waals surface area contributed by atoms with Crippen LogP contribution in [0.15, 0.2) is 30.3 Å². The number of aliphatic hydroxyl groups excluding tert-OH is 3. The van der Waals surface area contributed by atoms with E-state index in [1.165, 1.54) is 0 Å². The molecule has 1 aromatic rings. The first-order chi connectivity index (χ1) is 21.0. The summed E-state index contributed by atoms with van der Waals surface area (Å²) in [6, 6.07) is 9.54. The van der Waals surface area contributed by atoms with Gasteiger partial charge in [-0.15, -0.1) is 0 Å². The smallest absolute Gasteiger partial charge is 0.311 e. The van der Waals surface area contributed by atoms with E-state index in [0.29, 0.717) is 25.9 Å². The summed E-state index contributed by atoms with van der Waals surface area (Å²) in [6.45, 7) is 14.6. The fourth-order valence-corrected chi connectivity index (χ4v) is 7.66. The third-order valence-corrected chi connectivity index (χ3v) is 11.1. The van der Waals surface area contributed by atoms with Gasteiger partial charge in [-0.1, -0.05) is 58.0 Å². The number of hydrogen-bond donors (Lipinski definition) is 4. The minimum Gasteiger partial charge on any atom is -0.458 e. The number of rotatable bonds is 5. The zero-order valence-electron chi connectivity index (χ0n) is 28.7. The third-order valence-electron chi connectivity index (χ3n) is 11.1. The Morgan fingerprint density at radius 1 is 1.04 bits per heavy atom. The molecule has 10 heteroatoms. The van der Waals surface area contributed by atoms with Crippen molar-refractivity contribution in [2.24, 2.45) is 23.2 Å². The summed E-state index contributed by atoms with van der Waals surface area (Å²) in [6.07, 6.45) is -3.59. The normalized spacial score (nSPS) is 43.6. The highest BCUT2D eigenvalue weighted by Gasteiger charge is 2.69. The molecule has 45 heavy (non-hydrogen) atoms. The lowest BCUT2D eigenvalue weighted by Gasteiger charge is -2.47. The fraction of sp³-hybridized carbons (Fsp3) is 0.800. The van der Waals surface area contributed by atoms with Crippen LogP contribution in [0.1, 0.15) is 73.3 Å². The van der Waals surface area contributed by atoms with Crippen LogP contribution in [-0.4, -0.2) is 117 Å². The average molecular weight is 635 g/mol. The number of aliphatic hydroxyl groups is 4. The van der Waals surface area contributed by atoms with Gasteiger partial charge in [0.1, 0.15) is 23.9 Å². The van der Waals surface area contributed by atoms with Gasteiger partial charge in [-0.05, 0) is 71.7 Å². The number of fused-ring (bicyclic) bond motifs is 1. The molecule has 4 rings (SSSR count). The zero-order chi connectivity index (χ0) is 33.4. The quantitative estimate of drug-likeness (QED) is 0.359. The molecule has 1 unspecified atom stereocenters. The average Bonchev–Trinajstić information content (AvgIpc) is 3.52. The Kier molecular flexibility index (Phi) is 11.5. The first kappa shape index (κ1) is 36.2. The first-order valence-electron chi connectivity index (χ1n) is 16.7. The van der Waals surface area contributed by atoms with Crippen molar-refractivity contribution in [3.05, 3.63) is 35.9 Å². The van der Waals surface area contributed by atoms with Crippen LogP contribution < -0.4 is 0 Å². The Bertz CT molecular complexity index is 1120. The molecule has 10 nitrogen and oxygen atoms in total.